The van der Waals surface area contributed by atoms with Crippen molar-refractivity contribution in [3.05, 3.63) is 59.7 Å². The van der Waals surface area contributed by atoms with E-state index < -0.39 is 5.97 Å². The molecule has 3 rings (SSSR count). The Kier molecular flexibility index (Phi) is 3.93. The third-order valence-corrected chi connectivity index (χ3v) is 3.80. The van der Waals surface area contributed by atoms with Gasteiger partial charge in [-0.15, -0.1) is 10.2 Å². The number of carboxylic acid groups (broad SMARTS) is 1. The highest BCUT2D eigenvalue weighted by molar-refractivity contribution is 5.88. The summed E-state index contributed by atoms with van der Waals surface area (Å²) in [7, 11) is 0. The number of nitrogens with zero attached hydrogens (tertiary/aromatic N) is 2. The molecule has 3 aromatic rings. The molecule has 2 aromatic carbocycles. The van der Waals surface area contributed by atoms with E-state index >= 15 is 0 Å². The van der Waals surface area contributed by atoms with Crippen LogP contribution in [0.25, 0.3) is 22.9 Å². The minimum absolute atomic E-state index is 0.0877. The summed E-state index contributed by atoms with van der Waals surface area (Å²) in [5.41, 5.74) is 3.07. The molecule has 1 N–H and O–H groups in total. The second kappa shape index (κ2) is 5.92. The van der Waals surface area contributed by atoms with Gasteiger partial charge in [-0.3, -0.25) is 0 Å². The fourth-order valence-corrected chi connectivity index (χ4v) is 2.32. The fourth-order valence-electron chi connectivity index (χ4n) is 2.32. The summed E-state index contributed by atoms with van der Waals surface area (Å²) >= 11 is 0. The molecule has 24 heavy (non-hydrogen) atoms. The molecule has 0 spiro atoms. The van der Waals surface area contributed by atoms with Crippen molar-refractivity contribution in [3.63, 3.8) is 0 Å². The van der Waals surface area contributed by atoms with E-state index in [1.807, 2.05) is 12.1 Å². The van der Waals surface area contributed by atoms with Gasteiger partial charge in [0.1, 0.15) is 0 Å². The van der Waals surface area contributed by atoms with Crippen LogP contribution in [0.4, 0.5) is 0 Å². The summed E-state index contributed by atoms with van der Waals surface area (Å²) in [4.78, 5) is 10.9. The monoisotopic (exact) mass is 322 g/mol. The van der Waals surface area contributed by atoms with Crippen molar-refractivity contribution in [2.75, 3.05) is 0 Å². The van der Waals surface area contributed by atoms with Crippen LogP contribution >= 0.6 is 0 Å². The minimum atomic E-state index is -0.966. The molecule has 0 fully saturated rings. The number of carbonyl (C=O) groups is 1. The van der Waals surface area contributed by atoms with Gasteiger partial charge >= 0.3 is 5.97 Å². The predicted octanol–water partition coefficient (Wildman–Crippen LogP) is 4.40. The molecule has 0 aliphatic carbocycles. The van der Waals surface area contributed by atoms with Crippen LogP contribution < -0.4 is 0 Å². The van der Waals surface area contributed by atoms with Crippen molar-refractivity contribution in [1.82, 2.24) is 10.2 Å². The lowest BCUT2D eigenvalue weighted by molar-refractivity contribution is 0.0697. The average molecular weight is 322 g/mol. The molecule has 0 saturated carbocycles. The van der Waals surface area contributed by atoms with Crippen molar-refractivity contribution in [2.45, 2.75) is 26.2 Å². The van der Waals surface area contributed by atoms with E-state index in [0.29, 0.717) is 17.3 Å². The molecule has 0 bridgehead atoms. The normalized spacial score (nSPS) is 11.5. The van der Waals surface area contributed by atoms with E-state index in [1.54, 1.807) is 12.1 Å². The maximum absolute atomic E-state index is 10.9. The van der Waals surface area contributed by atoms with Crippen LogP contribution in [0.5, 0.6) is 0 Å². The number of carboxylic acids is 1. The van der Waals surface area contributed by atoms with E-state index in [9.17, 15) is 4.79 Å². The van der Waals surface area contributed by atoms with Crippen molar-refractivity contribution in [3.8, 4) is 22.9 Å². The highest BCUT2D eigenvalue weighted by Gasteiger charge is 2.15. The molecular formula is C19H18N2O3. The largest absolute Gasteiger partial charge is 0.478 e. The lowest BCUT2D eigenvalue weighted by Gasteiger charge is -2.18. The fraction of sp³-hybridized carbons (Fsp3) is 0.211. The Hall–Kier alpha value is -2.95. The standard InChI is InChI=1S/C19H18N2O3/c1-19(2,3)15-10-8-13(9-11-15)17-21-20-16(24-17)12-4-6-14(7-5-12)18(22)23/h4-11H,1-3H3,(H,22,23). The van der Waals surface area contributed by atoms with Gasteiger partial charge in [-0.05, 0) is 47.4 Å². The Morgan fingerprint density at radius 2 is 1.33 bits per heavy atom. The zero-order valence-electron chi connectivity index (χ0n) is 13.8. The molecule has 5 heteroatoms. The summed E-state index contributed by atoms with van der Waals surface area (Å²) in [6, 6.07) is 14.4. The molecular weight excluding hydrogens is 304 g/mol. The lowest BCUT2D eigenvalue weighted by atomic mass is 9.87. The quantitative estimate of drug-likeness (QED) is 0.773. The second-order valence-electron chi connectivity index (χ2n) is 6.62. The van der Waals surface area contributed by atoms with Crippen LogP contribution in [0, 0.1) is 0 Å². The molecule has 0 unspecified atom stereocenters. The van der Waals surface area contributed by atoms with Gasteiger partial charge in [0.05, 0.1) is 5.56 Å². The van der Waals surface area contributed by atoms with Crippen LogP contribution in [0.3, 0.4) is 0 Å². The lowest BCUT2D eigenvalue weighted by Crippen LogP contribution is -2.10. The summed E-state index contributed by atoms with van der Waals surface area (Å²) in [5, 5.41) is 17.1. The zero-order valence-corrected chi connectivity index (χ0v) is 13.8. The number of aromatic nitrogens is 2. The number of aromatic carboxylic acids is 1. The van der Waals surface area contributed by atoms with E-state index in [0.717, 1.165) is 5.56 Å². The number of hydrogen-bond acceptors (Lipinski definition) is 4. The van der Waals surface area contributed by atoms with Gasteiger partial charge in [0, 0.05) is 11.1 Å². The van der Waals surface area contributed by atoms with E-state index in [2.05, 4.69) is 43.1 Å². The third kappa shape index (κ3) is 3.20. The van der Waals surface area contributed by atoms with Crippen LogP contribution in [0.1, 0.15) is 36.7 Å². The van der Waals surface area contributed by atoms with E-state index in [4.69, 9.17) is 9.52 Å². The molecule has 0 radical (unpaired) electrons. The predicted molar refractivity (Wildman–Crippen MR) is 90.8 cm³/mol. The second-order valence-corrected chi connectivity index (χ2v) is 6.62. The van der Waals surface area contributed by atoms with Crippen molar-refractivity contribution < 1.29 is 14.3 Å². The Morgan fingerprint density at radius 1 is 0.875 bits per heavy atom. The van der Waals surface area contributed by atoms with Gasteiger partial charge in [0.2, 0.25) is 11.8 Å². The average Bonchev–Trinajstić information content (AvgIpc) is 3.04. The first kappa shape index (κ1) is 15.9. The van der Waals surface area contributed by atoms with Gasteiger partial charge in [0.25, 0.3) is 0 Å². The molecule has 0 saturated heterocycles. The minimum Gasteiger partial charge on any atom is -0.478 e. The smallest absolute Gasteiger partial charge is 0.335 e. The summed E-state index contributed by atoms with van der Waals surface area (Å²) in [5.74, 6) is -0.165. The van der Waals surface area contributed by atoms with Gasteiger partial charge in [-0.2, -0.15) is 0 Å². The first-order valence-electron chi connectivity index (χ1n) is 7.63. The first-order valence-corrected chi connectivity index (χ1v) is 7.63. The molecule has 1 aromatic heterocycles. The highest BCUT2D eigenvalue weighted by atomic mass is 16.4. The molecule has 0 aliphatic heterocycles. The van der Waals surface area contributed by atoms with Crippen molar-refractivity contribution in [1.29, 1.82) is 0 Å². The molecule has 0 amide bonds. The van der Waals surface area contributed by atoms with Crippen LogP contribution in [-0.4, -0.2) is 21.3 Å². The topological polar surface area (TPSA) is 76.2 Å². The third-order valence-electron chi connectivity index (χ3n) is 3.80. The summed E-state index contributed by atoms with van der Waals surface area (Å²) < 4.78 is 5.71. The van der Waals surface area contributed by atoms with Gasteiger partial charge in [-0.1, -0.05) is 32.9 Å². The van der Waals surface area contributed by atoms with Gasteiger partial charge < -0.3 is 9.52 Å². The Labute approximate surface area is 140 Å². The SMILES string of the molecule is CC(C)(C)c1ccc(-c2nnc(-c3ccc(C(=O)O)cc3)o2)cc1. The highest BCUT2D eigenvalue weighted by Crippen LogP contribution is 2.27. The molecule has 122 valence electrons. The van der Waals surface area contributed by atoms with Crippen LogP contribution in [0.15, 0.2) is 52.9 Å². The first-order chi connectivity index (χ1) is 11.3. The van der Waals surface area contributed by atoms with E-state index in [1.165, 1.54) is 17.7 Å². The summed E-state index contributed by atoms with van der Waals surface area (Å²) in [6.45, 7) is 6.48. The van der Waals surface area contributed by atoms with E-state index in [-0.39, 0.29) is 11.0 Å². The zero-order chi connectivity index (χ0) is 17.3. The Balaban J connectivity index is 1.86. The van der Waals surface area contributed by atoms with Crippen molar-refractivity contribution >= 4 is 5.97 Å². The number of rotatable bonds is 3. The molecule has 1 heterocycles. The number of hydrogen-bond donors (Lipinski definition) is 1. The Morgan fingerprint density at radius 3 is 1.75 bits per heavy atom. The van der Waals surface area contributed by atoms with Crippen LogP contribution in [0.2, 0.25) is 0 Å². The maximum atomic E-state index is 10.9. The molecule has 0 atom stereocenters. The summed E-state index contributed by atoms with van der Waals surface area (Å²) in [6.07, 6.45) is 0. The van der Waals surface area contributed by atoms with Gasteiger partial charge in [0.15, 0.2) is 0 Å². The molecule has 5 nitrogen and oxygen atoms in total. The van der Waals surface area contributed by atoms with Crippen LogP contribution in [-0.2, 0) is 5.41 Å². The van der Waals surface area contributed by atoms with Crippen molar-refractivity contribution in [2.24, 2.45) is 0 Å². The number of benzene rings is 2. The maximum Gasteiger partial charge on any atom is 0.335 e. The van der Waals surface area contributed by atoms with Gasteiger partial charge in [-0.25, -0.2) is 4.79 Å². The molecule has 0 aliphatic rings. The Bertz CT molecular complexity index is 857.